The maximum atomic E-state index is 12.9. The molecule has 0 bridgehead atoms. The Bertz CT molecular complexity index is 781. The zero-order valence-electron chi connectivity index (χ0n) is 16.7. The van der Waals surface area contributed by atoms with Crippen molar-refractivity contribution in [2.24, 2.45) is 0 Å². The summed E-state index contributed by atoms with van der Waals surface area (Å²) in [5.74, 6) is 2.81. The molecule has 0 N–H and O–H groups in total. The van der Waals surface area contributed by atoms with E-state index in [4.69, 9.17) is 0 Å². The van der Waals surface area contributed by atoms with Crippen LogP contribution in [0.1, 0.15) is 61.8 Å². The third-order valence-corrected chi connectivity index (χ3v) is 6.02. The van der Waals surface area contributed by atoms with E-state index in [-0.39, 0.29) is 5.78 Å². The second-order valence-electron chi connectivity index (χ2n) is 7.80. The average Bonchev–Trinajstić information content (AvgIpc) is 2.66. The van der Waals surface area contributed by atoms with E-state index in [9.17, 15) is 4.79 Å². The molecule has 2 aromatic carbocycles. The summed E-state index contributed by atoms with van der Waals surface area (Å²) in [6, 6.07) is 17.1. The van der Waals surface area contributed by atoms with Gasteiger partial charge in [0.05, 0.1) is 0 Å². The third-order valence-electron chi connectivity index (χ3n) is 4.99. The summed E-state index contributed by atoms with van der Waals surface area (Å²) in [5, 5.41) is 0. The van der Waals surface area contributed by atoms with Gasteiger partial charge in [0, 0.05) is 22.7 Å². The average molecular weight is 377 g/mol. The number of carbonyl (C=O) groups is 1. The Balaban J connectivity index is 1.80. The highest BCUT2D eigenvalue weighted by molar-refractivity contribution is 7.99. The van der Waals surface area contributed by atoms with Crippen LogP contribution in [0, 0.1) is 0 Å². The Kier molecular flexibility index (Phi) is 6.38. The van der Waals surface area contributed by atoms with E-state index in [0.717, 1.165) is 33.8 Å². The first-order valence-electron chi connectivity index (χ1n) is 9.67. The molecule has 1 aliphatic heterocycles. The summed E-state index contributed by atoms with van der Waals surface area (Å²) in [6.45, 7) is 8.78. The number of carbonyl (C=O) groups excluding carboxylic acids is 1. The van der Waals surface area contributed by atoms with E-state index < -0.39 is 0 Å². The lowest BCUT2D eigenvalue weighted by Crippen LogP contribution is -2.16. The number of Topliss-reactive ketones (excluding diaryl/α,β-unsaturated/α-hetero) is 1. The van der Waals surface area contributed by atoms with E-state index in [1.807, 2.05) is 23.9 Å². The molecule has 3 rings (SSSR count). The maximum Gasteiger partial charge on any atom is 0.186 e. The fraction of sp³-hybridized carbons (Fsp3) is 0.320. The summed E-state index contributed by atoms with van der Waals surface area (Å²) >= 11 is 1.81. The van der Waals surface area contributed by atoms with E-state index in [1.54, 1.807) is 0 Å². The van der Waals surface area contributed by atoms with Crippen LogP contribution in [0.4, 0.5) is 0 Å². The number of ketones is 1. The van der Waals surface area contributed by atoms with Crippen LogP contribution in [0.2, 0.25) is 0 Å². The van der Waals surface area contributed by atoms with Gasteiger partial charge in [-0.25, -0.2) is 0 Å². The van der Waals surface area contributed by atoms with Crippen molar-refractivity contribution in [3.8, 4) is 0 Å². The molecule has 0 unspecified atom stereocenters. The first-order valence-corrected chi connectivity index (χ1v) is 10.8. The smallest absolute Gasteiger partial charge is 0.186 e. The third kappa shape index (κ3) is 5.01. The number of hydrogen-bond acceptors (Lipinski definition) is 2. The summed E-state index contributed by atoms with van der Waals surface area (Å²) in [7, 11) is 0. The minimum atomic E-state index is 0.189. The second-order valence-corrected chi connectivity index (χ2v) is 8.79. The molecule has 140 valence electrons. The van der Waals surface area contributed by atoms with Crippen molar-refractivity contribution in [3.63, 3.8) is 0 Å². The van der Waals surface area contributed by atoms with Crippen LogP contribution in [-0.2, 0) is 4.79 Å². The molecule has 0 aromatic heterocycles. The minimum Gasteiger partial charge on any atom is -0.289 e. The Hall–Kier alpha value is -2.06. The number of hydrogen-bond donors (Lipinski definition) is 0. The quantitative estimate of drug-likeness (QED) is 0.551. The molecule has 1 saturated heterocycles. The molecule has 2 aromatic rings. The van der Waals surface area contributed by atoms with Gasteiger partial charge in [-0.3, -0.25) is 4.79 Å². The van der Waals surface area contributed by atoms with Crippen LogP contribution in [-0.4, -0.2) is 17.3 Å². The lowest BCUT2D eigenvalue weighted by molar-refractivity contribution is -0.112. The van der Waals surface area contributed by atoms with E-state index in [0.29, 0.717) is 11.8 Å². The number of benzene rings is 2. The first kappa shape index (κ1) is 19.7. The normalized spacial score (nSPS) is 18.1. The topological polar surface area (TPSA) is 17.1 Å². The van der Waals surface area contributed by atoms with Gasteiger partial charge in [0.1, 0.15) is 0 Å². The Morgan fingerprint density at radius 1 is 0.704 bits per heavy atom. The van der Waals surface area contributed by atoms with Crippen molar-refractivity contribution >= 4 is 29.7 Å². The Labute approximate surface area is 167 Å². The van der Waals surface area contributed by atoms with Gasteiger partial charge in [-0.2, -0.15) is 11.8 Å². The molecular weight excluding hydrogens is 348 g/mol. The van der Waals surface area contributed by atoms with Crippen LogP contribution < -0.4 is 0 Å². The highest BCUT2D eigenvalue weighted by Crippen LogP contribution is 2.27. The minimum absolute atomic E-state index is 0.189. The van der Waals surface area contributed by atoms with Gasteiger partial charge in [0.15, 0.2) is 5.78 Å². The van der Waals surface area contributed by atoms with Gasteiger partial charge >= 0.3 is 0 Å². The largest absolute Gasteiger partial charge is 0.289 e. The standard InChI is InChI=1S/C25H28OS/c1-17(2)21-9-5-19(6-10-21)13-23-15-27-16-24(25(23)26)14-20-7-11-22(12-8-20)18(3)4/h5-14,17-18H,15-16H2,1-4H3. The second kappa shape index (κ2) is 8.75. The summed E-state index contributed by atoms with van der Waals surface area (Å²) in [4.78, 5) is 12.9. The van der Waals surface area contributed by atoms with Crippen molar-refractivity contribution < 1.29 is 4.79 Å². The van der Waals surface area contributed by atoms with Gasteiger partial charge in [-0.15, -0.1) is 0 Å². The predicted octanol–water partition coefficient (Wildman–Crippen LogP) is 6.72. The summed E-state index contributed by atoms with van der Waals surface area (Å²) < 4.78 is 0. The number of rotatable bonds is 4. The van der Waals surface area contributed by atoms with Crippen LogP contribution in [0.3, 0.4) is 0 Å². The fourth-order valence-electron chi connectivity index (χ4n) is 3.18. The van der Waals surface area contributed by atoms with Crippen molar-refractivity contribution in [2.45, 2.75) is 39.5 Å². The Morgan fingerprint density at radius 2 is 1.07 bits per heavy atom. The van der Waals surface area contributed by atoms with Crippen LogP contribution in [0.25, 0.3) is 12.2 Å². The van der Waals surface area contributed by atoms with Crippen molar-refractivity contribution in [1.29, 1.82) is 0 Å². The van der Waals surface area contributed by atoms with Crippen LogP contribution in [0.15, 0.2) is 59.7 Å². The van der Waals surface area contributed by atoms with Gasteiger partial charge < -0.3 is 0 Å². The SMILES string of the molecule is CC(C)c1ccc(C=C2CSCC(=Cc3ccc(C(C)C)cc3)C2=O)cc1. The molecule has 2 heteroatoms. The van der Waals surface area contributed by atoms with Crippen molar-refractivity contribution in [3.05, 3.63) is 81.9 Å². The molecule has 0 radical (unpaired) electrons. The van der Waals surface area contributed by atoms with E-state index in [2.05, 4.69) is 76.2 Å². The molecular formula is C25H28OS. The van der Waals surface area contributed by atoms with Gasteiger partial charge in [0.2, 0.25) is 0 Å². The zero-order valence-corrected chi connectivity index (χ0v) is 17.5. The van der Waals surface area contributed by atoms with E-state index >= 15 is 0 Å². The van der Waals surface area contributed by atoms with Gasteiger partial charge in [-0.05, 0) is 46.2 Å². The molecule has 1 fully saturated rings. The van der Waals surface area contributed by atoms with Crippen molar-refractivity contribution in [2.75, 3.05) is 11.5 Å². The van der Waals surface area contributed by atoms with E-state index in [1.165, 1.54) is 11.1 Å². The molecule has 0 amide bonds. The first-order chi connectivity index (χ1) is 12.9. The fourth-order valence-corrected chi connectivity index (χ4v) is 4.15. The maximum absolute atomic E-state index is 12.9. The molecule has 1 nitrogen and oxygen atoms in total. The molecule has 0 saturated carbocycles. The lowest BCUT2D eigenvalue weighted by Gasteiger charge is -2.16. The molecule has 1 aliphatic rings. The van der Waals surface area contributed by atoms with Crippen LogP contribution >= 0.6 is 11.8 Å². The van der Waals surface area contributed by atoms with Crippen molar-refractivity contribution in [1.82, 2.24) is 0 Å². The highest BCUT2D eigenvalue weighted by atomic mass is 32.2. The molecule has 1 heterocycles. The molecule has 0 spiro atoms. The van der Waals surface area contributed by atoms with Gasteiger partial charge in [0.25, 0.3) is 0 Å². The predicted molar refractivity (Wildman–Crippen MR) is 119 cm³/mol. The highest BCUT2D eigenvalue weighted by Gasteiger charge is 2.21. The zero-order chi connectivity index (χ0) is 19.4. The molecule has 0 atom stereocenters. The monoisotopic (exact) mass is 376 g/mol. The van der Waals surface area contributed by atoms with Gasteiger partial charge in [-0.1, -0.05) is 76.2 Å². The summed E-state index contributed by atoms with van der Waals surface area (Å²) in [5.41, 5.74) is 6.65. The Morgan fingerprint density at radius 3 is 1.41 bits per heavy atom. The molecule has 0 aliphatic carbocycles. The molecule has 27 heavy (non-hydrogen) atoms. The van der Waals surface area contributed by atoms with Crippen LogP contribution in [0.5, 0.6) is 0 Å². The number of thioether (sulfide) groups is 1. The summed E-state index contributed by atoms with van der Waals surface area (Å²) in [6.07, 6.45) is 4.10. The lowest BCUT2D eigenvalue weighted by atomic mass is 9.97.